The Bertz CT molecular complexity index is 602. The molecule has 6 heteroatoms. The number of hydrogen-bond acceptors (Lipinski definition) is 5. The molecule has 1 aromatic carbocycles. The first-order valence-electron chi connectivity index (χ1n) is 6.23. The number of benzene rings is 1. The Hall–Kier alpha value is -1.92. The van der Waals surface area contributed by atoms with Gasteiger partial charge >= 0.3 is 0 Å². The fourth-order valence-corrected chi connectivity index (χ4v) is 2.07. The van der Waals surface area contributed by atoms with E-state index in [4.69, 9.17) is 9.15 Å². The molecule has 0 saturated carbocycles. The first-order chi connectivity index (χ1) is 9.22. The van der Waals surface area contributed by atoms with Crippen molar-refractivity contribution < 1.29 is 13.9 Å². The van der Waals surface area contributed by atoms with Gasteiger partial charge in [-0.3, -0.25) is 4.79 Å². The first-order valence-corrected chi connectivity index (χ1v) is 6.23. The zero-order valence-electron chi connectivity index (χ0n) is 10.6. The van der Waals surface area contributed by atoms with E-state index in [9.17, 15) is 4.79 Å². The summed E-state index contributed by atoms with van der Waals surface area (Å²) in [6.07, 6.45) is -0.444. The number of carbonyl (C=O) groups is 1. The molecule has 1 saturated heterocycles. The molecule has 100 valence electrons. The molecule has 1 fully saturated rings. The lowest BCUT2D eigenvalue weighted by molar-refractivity contribution is -0.128. The van der Waals surface area contributed by atoms with Crippen molar-refractivity contribution in [2.24, 2.45) is 0 Å². The lowest BCUT2D eigenvalue weighted by Crippen LogP contribution is -2.45. The maximum Gasteiger partial charge on any atom is 0.254 e. The van der Waals surface area contributed by atoms with Gasteiger partial charge in [-0.05, 0) is 12.1 Å². The average molecular weight is 261 g/mol. The number of fused-ring (bicyclic) bond motifs is 1. The topological polar surface area (TPSA) is 76.4 Å². The molecule has 19 heavy (non-hydrogen) atoms. The third kappa shape index (κ3) is 2.59. The zero-order chi connectivity index (χ0) is 13.2. The number of anilines is 1. The van der Waals surface area contributed by atoms with Gasteiger partial charge in [-0.2, -0.15) is 0 Å². The molecule has 0 spiro atoms. The summed E-state index contributed by atoms with van der Waals surface area (Å²) in [5.41, 5.74) is 2.13. The summed E-state index contributed by atoms with van der Waals surface area (Å²) in [6, 6.07) is 5.39. The molecule has 1 aromatic heterocycles. The molecule has 1 aliphatic heterocycles. The van der Waals surface area contributed by atoms with Gasteiger partial charge in [-0.15, -0.1) is 0 Å². The van der Waals surface area contributed by atoms with E-state index < -0.39 is 6.10 Å². The van der Waals surface area contributed by atoms with Crippen LogP contribution in [0.3, 0.4) is 0 Å². The molecule has 3 rings (SSSR count). The maximum absolute atomic E-state index is 12.0. The minimum absolute atomic E-state index is 0.150. The number of hydrogen-bond donors (Lipinski definition) is 2. The van der Waals surface area contributed by atoms with Crippen molar-refractivity contribution in [2.45, 2.75) is 13.0 Å². The fraction of sp³-hybridized carbons (Fsp3) is 0.385. The molecule has 1 unspecified atom stereocenters. The number of aromatic nitrogens is 1. The second kappa shape index (κ2) is 4.99. The van der Waals surface area contributed by atoms with Crippen LogP contribution in [-0.4, -0.2) is 36.7 Å². The Morgan fingerprint density at radius 2 is 2.42 bits per heavy atom. The maximum atomic E-state index is 12.0. The zero-order valence-corrected chi connectivity index (χ0v) is 10.6. The summed E-state index contributed by atoms with van der Waals surface area (Å²) in [5.74, 6) is 0.459. The molecule has 0 bridgehead atoms. The first kappa shape index (κ1) is 12.1. The summed E-state index contributed by atoms with van der Waals surface area (Å²) in [5, 5.41) is 5.94. The normalized spacial score (nSPS) is 19.5. The van der Waals surface area contributed by atoms with Gasteiger partial charge in [0.25, 0.3) is 5.91 Å². The van der Waals surface area contributed by atoms with Gasteiger partial charge in [0.15, 0.2) is 11.5 Å². The van der Waals surface area contributed by atoms with Gasteiger partial charge in [-0.1, -0.05) is 0 Å². The molecule has 2 heterocycles. The molecular weight excluding hydrogens is 246 g/mol. The lowest BCUT2D eigenvalue weighted by atomic mass is 10.2. The van der Waals surface area contributed by atoms with Crippen LogP contribution in [0.5, 0.6) is 0 Å². The Morgan fingerprint density at radius 3 is 3.21 bits per heavy atom. The number of morpholine rings is 1. The Morgan fingerprint density at radius 1 is 1.53 bits per heavy atom. The molecule has 6 nitrogen and oxygen atoms in total. The smallest absolute Gasteiger partial charge is 0.254 e. The highest BCUT2D eigenvalue weighted by molar-refractivity contribution is 5.95. The third-order valence-corrected chi connectivity index (χ3v) is 2.98. The van der Waals surface area contributed by atoms with Crippen molar-refractivity contribution in [2.75, 3.05) is 25.0 Å². The number of rotatable bonds is 2. The largest absolute Gasteiger partial charge is 0.441 e. The number of oxazole rings is 1. The van der Waals surface area contributed by atoms with E-state index in [0.29, 0.717) is 30.3 Å². The van der Waals surface area contributed by atoms with Gasteiger partial charge in [0.1, 0.15) is 11.6 Å². The van der Waals surface area contributed by atoms with E-state index in [1.165, 1.54) is 0 Å². The van der Waals surface area contributed by atoms with E-state index in [1.807, 2.05) is 6.07 Å². The van der Waals surface area contributed by atoms with Gasteiger partial charge in [0.05, 0.1) is 6.61 Å². The number of carbonyl (C=O) groups excluding carboxylic acids is 1. The standard InChI is InChI=1S/C13H15N3O3/c1-8-15-10-3-2-9(6-11(10)19-8)16-13(17)12-7-14-4-5-18-12/h2-3,6,12,14H,4-5,7H2,1H3,(H,16,17). The minimum Gasteiger partial charge on any atom is -0.441 e. The summed E-state index contributed by atoms with van der Waals surface area (Å²) < 4.78 is 10.8. The van der Waals surface area contributed by atoms with E-state index in [2.05, 4.69) is 15.6 Å². The summed E-state index contributed by atoms with van der Waals surface area (Å²) in [6.45, 7) is 3.67. The van der Waals surface area contributed by atoms with Crippen molar-refractivity contribution in [3.63, 3.8) is 0 Å². The Kier molecular flexibility index (Phi) is 3.18. The van der Waals surface area contributed by atoms with Gasteiger partial charge in [0.2, 0.25) is 0 Å². The number of nitrogens with zero attached hydrogens (tertiary/aromatic N) is 1. The third-order valence-electron chi connectivity index (χ3n) is 2.98. The summed E-state index contributed by atoms with van der Waals surface area (Å²) in [7, 11) is 0. The molecule has 2 aromatic rings. The van der Waals surface area contributed by atoms with Crippen LogP contribution in [0.15, 0.2) is 22.6 Å². The summed E-state index contributed by atoms with van der Waals surface area (Å²) >= 11 is 0. The highest BCUT2D eigenvalue weighted by atomic mass is 16.5. The average Bonchev–Trinajstić information content (AvgIpc) is 2.79. The number of ether oxygens (including phenoxy) is 1. The molecule has 1 aliphatic rings. The Labute approximate surface area is 110 Å². The van der Waals surface area contributed by atoms with Gasteiger partial charge < -0.3 is 19.8 Å². The van der Waals surface area contributed by atoms with Crippen molar-refractivity contribution in [3.8, 4) is 0 Å². The molecule has 1 atom stereocenters. The molecule has 0 aliphatic carbocycles. The second-order valence-corrected chi connectivity index (χ2v) is 4.47. The van der Waals surface area contributed by atoms with Gasteiger partial charge in [-0.25, -0.2) is 4.98 Å². The van der Waals surface area contributed by atoms with Crippen LogP contribution in [0.4, 0.5) is 5.69 Å². The van der Waals surface area contributed by atoms with E-state index in [1.54, 1.807) is 19.1 Å². The van der Waals surface area contributed by atoms with Crippen molar-refractivity contribution in [1.82, 2.24) is 10.3 Å². The Balaban J connectivity index is 1.74. The van der Waals surface area contributed by atoms with Crippen molar-refractivity contribution in [1.29, 1.82) is 0 Å². The number of nitrogens with one attached hydrogen (secondary N) is 2. The van der Waals surface area contributed by atoms with Gasteiger partial charge in [0, 0.05) is 31.8 Å². The van der Waals surface area contributed by atoms with E-state index >= 15 is 0 Å². The van der Waals surface area contributed by atoms with Crippen LogP contribution in [0.2, 0.25) is 0 Å². The molecular formula is C13H15N3O3. The van der Waals surface area contributed by atoms with Crippen molar-refractivity contribution in [3.05, 3.63) is 24.1 Å². The van der Waals surface area contributed by atoms with E-state index in [-0.39, 0.29) is 5.91 Å². The van der Waals surface area contributed by atoms with Crippen LogP contribution in [0.1, 0.15) is 5.89 Å². The van der Waals surface area contributed by atoms with Crippen molar-refractivity contribution >= 4 is 22.7 Å². The number of amides is 1. The predicted octanol–water partition coefficient (Wildman–Crippen LogP) is 1.06. The highest BCUT2D eigenvalue weighted by Crippen LogP contribution is 2.20. The van der Waals surface area contributed by atoms with Crippen LogP contribution in [-0.2, 0) is 9.53 Å². The predicted molar refractivity (Wildman–Crippen MR) is 70.0 cm³/mol. The molecule has 1 amide bonds. The lowest BCUT2D eigenvalue weighted by Gasteiger charge is -2.22. The number of aryl methyl sites for hydroxylation is 1. The van der Waals surface area contributed by atoms with Crippen LogP contribution in [0.25, 0.3) is 11.1 Å². The highest BCUT2D eigenvalue weighted by Gasteiger charge is 2.21. The fourth-order valence-electron chi connectivity index (χ4n) is 2.07. The van der Waals surface area contributed by atoms with Crippen LogP contribution < -0.4 is 10.6 Å². The van der Waals surface area contributed by atoms with E-state index in [0.717, 1.165) is 12.1 Å². The SMILES string of the molecule is Cc1nc2ccc(NC(=O)C3CNCCO3)cc2o1. The molecule has 2 N–H and O–H groups in total. The minimum atomic E-state index is -0.444. The quantitative estimate of drug-likeness (QED) is 0.845. The van der Waals surface area contributed by atoms with Crippen LogP contribution >= 0.6 is 0 Å². The second-order valence-electron chi connectivity index (χ2n) is 4.47. The molecule has 0 radical (unpaired) electrons. The monoisotopic (exact) mass is 261 g/mol. The van der Waals surface area contributed by atoms with Crippen LogP contribution in [0, 0.1) is 6.92 Å². The summed E-state index contributed by atoms with van der Waals surface area (Å²) in [4.78, 5) is 16.2.